The number of nitrogens with zero attached hydrogens (tertiary/aromatic N) is 1. The predicted octanol–water partition coefficient (Wildman–Crippen LogP) is 7.50. The number of para-hydroxylation sites is 2. The number of unbranched alkanes of at least 4 members (excludes halogenated alkanes) is 6. The fourth-order valence-corrected chi connectivity index (χ4v) is 4.08. The summed E-state index contributed by atoms with van der Waals surface area (Å²) in [5.74, 6) is 1.76. The molecule has 2 aromatic carbocycles. The van der Waals surface area contributed by atoms with Crippen molar-refractivity contribution in [2.45, 2.75) is 78.6 Å². The molecular formula is C28H44N2O. The van der Waals surface area contributed by atoms with Crippen LogP contribution >= 0.6 is 0 Å². The Bertz CT molecular complexity index is 711. The lowest BCUT2D eigenvalue weighted by Crippen LogP contribution is -2.25. The number of aryl methyl sites for hydroxylation is 1. The molecule has 0 saturated carbocycles. The van der Waals surface area contributed by atoms with E-state index in [0.717, 1.165) is 23.9 Å². The van der Waals surface area contributed by atoms with Gasteiger partial charge >= 0.3 is 0 Å². The van der Waals surface area contributed by atoms with E-state index >= 15 is 0 Å². The van der Waals surface area contributed by atoms with Crippen molar-refractivity contribution in [3.63, 3.8) is 0 Å². The van der Waals surface area contributed by atoms with Crippen molar-refractivity contribution in [2.75, 3.05) is 24.6 Å². The first-order valence-corrected chi connectivity index (χ1v) is 12.4. The third kappa shape index (κ3) is 9.35. The highest BCUT2D eigenvalue weighted by atomic mass is 16.5. The Kier molecular flexibility index (Phi) is 12.2. The summed E-state index contributed by atoms with van der Waals surface area (Å²) in [6.45, 7) is 8.68. The quantitative estimate of drug-likeness (QED) is 0.283. The Labute approximate surface area is 191 Å². The van der Waals surface area contributed by atoms with Crippen LogP contribution in [0.2, 0.25) is 0 Å². The zero-order valence-electron chi connectivity index (χ0n) is 20.1. The van der Waals surface area contributed by atoms with Crippen LogP contribution in [-0.2, 0) is 6.42 Å². The van der Waals surface area contributed by atoms with Gasteiger partial charge in [-0.25, -0.2) is 0 Å². The zero-order chi connectivity index (χ0) is 22.3. The summed E-state index contributed by atoms with van der Waals surface area (Å²) in [4.78, 5) is 2.26. The van der Waals surface area contributed by atoms with Crippen LogP contribution in [0.1, 0.15) is 77.7 Å². The minimum absolute atomic E-state index is 0.597. The summed E-state index contributed by atoms with van der Waals surface area (Å²) in [5, 5.41) is 0. The van der Waals surface area contributed by atoms with Crippen molar-refractivity contribution in [1.29, 1.82) is 0 Å². The molecule has 0 spiro atoms. The van der Waals surface area contributed by atoms with Crippen LogP contribution < -0.4 is 15.4 Å². The molecule has 2 rings (SSSR count). The third-order valence-corrected chi connectivity index (χ3v) is 5.80. The maximum absolute atomic E-state index is 5.92. The lowest BCUT2D eigenvalue weighted by atomic mass is 10.0. The molecule has 0 bridgehead atoms. The molecule has 2 N–H and O–H groups in total. The summed E-state index contributed by atoms with van der Waals surface area (Å²) in [7, 11) is 0. The molecule has 0 atom stereocenters. The van der Waals surface area contributed by atoms with Gasteiger partial charge in [-0.1, -0.05) is 83.1 Å². The third-order valence-electron chi connectivity index (χ3n) is 5.80. The first-order valence-electron chi connectivity index (χ1n) is 12.4. The lowest BCUT2D eigenvalue weighted by Gasteiger charge is -2.26. The molecule has 0 aliphatic heterocycles. The highest BCUT2D eigenvalue weighted by Crippen LogP contribution is 2.33. The molecule has 0 unspecified atom stereocenters. The van der Waals surface area contributed by atoms with Crippen molar-refractivity contribution in [3.8, 4) is 5.75 Å². The highest BCUT2D eigenvalue weighted by Gasteiger charge is 2.13. The Morgan fingerprint density at radius 3 is 2.13 bits per heavy atom. The van der Waals surface area contributed by atoms with Crippen molar-refractivity contribution in [1.82, 2.24) is 0 Å². The maximum atomic E-state index is 5.92. The lowest BCUT2D eigenvalue weighted by molar-refractivity contribution is 0.341. The van der Waals surface area contributed by atoms with Crippen LogP contribution in [0.25, 0.3) is 0 Å². The standard InChI is InChI=1S/C28H44N2O/c1-4-31-28-17-13-12-16-27(28)30(23-22-29)26-20-18-25(19-21-26)15-11-9-7-5-6-8-10-14-24(2)3/h12-13,16-21,24H,4-11,14-15,22-23,29H2,1-3H3. The van der Waals surface area contributed by atoms with E-state index < -0.39 is 0 Å². The summed E-state index contributed by atoms with van der Waals surface area (Å²) in [6.07, 6.45) is 12.2. The minimum Gasteiger partial charge on any atom is -0.492 e. The summed E-state index contributed by atoms with van der Waals surface area (Å²) < 4.78 is 5.84. The number of ether oxygens (including phenoxy) is 1. The highest BCUT2D eigenvalue weighted by molar-refractivity contribution is 5.69. The average molecular weight is 425 g/mol. The van der Waals surface area contributed by atoms with Crippen LogP contribution in [-0.4, -0.2) is 19.7 Å². The fraction of sp³-hybridized carbons (Fsp3) is 0.571. The summed E-state index contributed by atoms with van der Waals surface area (Å²) >= 11 is 0. The van der Waals surface area contributed by atoms with E-state index in [0.29, 0.717) is 13.2 Å². The van der Waals surface area contributed by atoms with Gasteiger partial charge in [-0.05, 0) is 55.5 Å². The van der Waals surface area contributed by atoms with Crippen LogP contribution in [0.5, 0.6) is 5.75 Å². The van der Waals surface area contributed by atoms with E-state index in [9.17, 15) is 0 Å². The van der Waals surface area contributed by atoms with E-state index in [-0.39, 0.29) is 0 Å². The molecule has 2 aromatic rings. The molecule has 0 aliphatic carbocycles. The Morgan fingerprint density at radius 2 is 1.48 bits per heavy atom. The first-order chi connectivity index (χ1) is 15.2. The Balaban J connectivity index is 1.81. The van der Waals surface area contributed by atoms with Gasteiger partial charge in [0.2, 0.25) is 0 Å². The second kappa shape index (κ2) is 14.9. The molecule has 172 valence electrons. The second-order valence-corrected chi connectivity index (χ2v) is 8.91. The van der Waals surface area contributed by atoms with Gasteiger partial charge in [0.1, 0.15) is 5.75 Å². The van der Waals surface area contributed by atoms with E-state index in [1.54, 1.807) is 0 Å². The summed E-state index contributed by atoms with van der Waals surface area (Å²) in [5.41, 5.74) is 9.59. The first kappa shape index (κ1) is 25.3. The zero-order valence-corrected chi connectivity index (χ0v) is 20.1. The molecule has 0 amide bonds. The number of hydrogen-bond donors (Lipinski definition) is 1. The van der Waals surface area contributed by atoms with Gasteiger partial charge in [0.25, 0.3) is 0 Å². The predicted molar refractivity (Wildman–Crippen MR) is 136 cm³/mol. The van der Waals surface area contributed by atoms with Crippen molar-refractivity contribution in [2.24, 2.45) is 11.7 Å². The molecule has 0 heterocycles. The SMILES string of the molecule is CCOc1ccccc1N(CCN)c1ccc(CCCCCCCCCC(C)C)cc1. The molecule has 31 heavy (non-hydrogen) atoms. The van der Waals surface area contributed by atoms with Gasteiger partial charge in [0, 0.05) is 18.8 Å². The Morgan fingerprint density at radius 1 is 0.839 bits per heavy atom. The van der Waals surface area contributed by atoms with Gasteiger partial charge < -0.3 is 15.4 Å². The fourth-order valence-electron chi connectivity index (χ4n) is 4.08. The molecular weight excluding hydrogens is 380 g/mol. The van der Waals surface area contributed by atoms with Gasteiger partial charge in [0.15, 0.2) is 0 Å². The van der Waals surface area contributed by atoms with Crippen LogP contribution in [0, 0.1) is 5.92 Å². The molecule has 3 nitrogen and oxygen atoms in total. The number of rotatable bonds is 16. The topological polar surface area (TPSA) is 38.5 Å². The number of anilines is 2. The van der Waals surface area contributed by atoms with E-state index in [1.165, 1.54) is 69.0 Å². The van der Waals surface area contributed by atoms with Gasteiger partial charge in [-0.2, -0.15) is 0 Å². The molecule has 3 heteroatoms. The Hall–Kier alpha value is -2.00. The van der Waals surface area contributed by atoms with Crippen LogP contribution in [0.4, 0.5) is 11.4 Å². The van der Waals surface area contributed by atoms with Crippen LogP contribution in [0.15, 0.2) is 48.5 Å². The summed E-state index contributed by atoms with van der Waals surface area (Å²) in [6, 6.07) is 17.2. The van der Waals surface area contributed by atoms with Gasteiger partial charge in [-0.15, -0.1) is 0 Å². The van der Waals surface area contributed by atoms with E-state index in [2.05, 4.69) is 55.1 Å². The molecule has 0 aliphatic rings. The van der Waals surface area contributed by atoms with Crippen molar-refractivity contribution < 1.29 is 4.74 Å². The van der Waals surface area contributed by atoms with Crippen molar-refractivity contribution >= 4 is 11.4 Å². The molecule has 0 saturated heterocycles. The largest absolute Gasteiger partial charge is 0.492 e. The minimum atomic E-state index is 0.597. The number of benzene rings is 2. The number of hydrogen-bond acceptors (Lipinski definition) is 3. The maximum Gasteiger partial charge on any atom is 0.142 e. The smallest absolute Gasteiger partial charge is 0.142 e. The molecule has 0 fully saturated rings. The monoisotopic (exact) mass is 424 g/mol. The van der Waals surface area contributed by atoms with Gasteiger partial charge in [-0.3, -0.25) is 0 Å². The normalized spacial score (nSPS) is 11.1. The number of nitrogens with two attached hydrogens (primary N) is 1. The van der Waals surface area contributed by atoms with Crippen LogP contribution in [0.3, 0.4) is 0 Å². The molecule has 0 aromatic heterocycles. The van der Waals surface area contributed by atoms with Gasteiger partial charge in [0.05, 0.1) is 12.3 Å². The van der Waals surface area contributed by atoms with E-state index in [4.69, 9.17) is 10.5 Å². The second-order valence-electron chi connectivity index (χ2n) is 8.91. The van der Waals surface area contributed by atoms with E-state index in [1.807, 2.05) is 19.1 Å². The average Bonchev–Trinajstić information content (AvgIpc) is 2.77. The molecule has 0 radical (unpaired) electrons. The van der Waals surface area contributed by atoms with Crippen molar-refractivity contribution in [3.05, 3.63) is 54.1 Å².